The van der Waals surface area contributed by atoms with Crippen LogP contribution < -0.4 is 5.73 Å². The van der Waals surface area contributed by atoms with Crippen LogP contribution in [0.4, 0.5) is 5.13 Å². The molecule has 17 heavy (non-hydrogen) atoms. The van der Waals surface area contributed by atoms with Gasteiger partial charge in [0.2, 0.25) is 5.13 Å². The van der Waals surface area contributed by atoms with Crippen LogP contribution in [0.3, 0.4) is 0 Å². The van der Waals surface area contributed by atoms with Crippen LogP contribution in [-0.4, -0.2) is 23.3 Å². The molecule has 0 aliphatic heterocycles. The number of furan rings is 1. The van der Waals surface area contributed by atoms with Crippen molar-refractivity contribution in [3.05, 3.63) is 23.7 Å². The van der Waals surface area contributed by atoms with Crippen molar-refractivity contribution in [1.29, 1.82) is 0 Å². The number of aromatic nitrogens is 2. The third-order valence-corrected chi connectivity index (χ3v) is 3.79. The van der Waals surface area contributed by atoms with E-state index in [4.69, 9.17) is 10.2 Å². The molecule has 0 radical (unpaired) electrons. The van der Waals surface area contributed by atoms with Crippen molar-refractivity contribution in [2.75, 3.05) is 12.8 Å². The number of carbonyl (C=O) groups is 1. The first-order valence-electron chi connectivity index (χ1n) is 4.57. The minimum absolute atomic E-state index is 0.411. The van der Waals surface area contributed by atoms with Crippen LogP contribution in [0.2, 0.25) is 0 Å². The summed E-state index contributed by atoms with van der Waals surface area (Å²) < 4.78 is 10.6. The molecule has 0 unspecified atom stereocenters. The number of methoxy groups -OCH3 is 1. The third kappa shape index (κ3) is 2.77. The Kier molecular flexibility index (Phi) is 3.64. The molecule has 2 N–H and O–H groups in total. The van der Waals surface area contributed by atoms with Gasteiger partial charge in [-0.05, 0) is 6.07 Å². The first-order chi connectivity index (χ1) is 8.20. The summed E-state index contributed by atoms with van der Waals surface area (Å²) in [4.78, 5) is 11.4. The van der Waals surface area contributed by atoms with E-state index in [9.17, 15) is 4.79 Å². The molecule has 0 bridgehead atoms. The van der Waals surface area contributed by atoms with Gasteiger partial charge in [-0.25, -0.2) is 4.79 Å². The molecule has 0 saturated carbocycles. The Morgan fingerprint density at radius 2 is 2.47 bits per heavy atom. The number of hydrogen-bond acceptors (Lipinski definition) is 8. The van der Waals surface area contributed by atoms with Crippen molar-refractivity contribution in [2.24, 2.45) is 0 Å². The number of ether oxygens (including phenoxy) is 1. The summed E-state index contributed by atoms with van der Waals surface area (Å²) in [5.74, 6) is 0.619. The van der Waals surface area contributed by atoms with Gasteiger partial charge in [-0.15, -0.1) is 10.2 Å². The zero-order valence-electron chi connectivity index (χ0n) is 8.87. The highest BCUT2D eigenvalue weighted by molar-refractivity contribution is 8.00. The van der Waals surface area contributed by atoms with Crippen LogP contribution in [0.25, 0.3) is 0 Å². The molecule has 0 atom stereocenters. The zero-order chi connectivity index (χ0) is 12.3. The average molecular weight is 271 g/mol. The van der Waals surface area contributed by atoms with Crippen LogP contribution in [0.5, 0.6) is 0 Å². The van der Waals surface area contributed by atoms with Crippen LogP contribution in [0.1, 0.15) is 16.1 Å². The van der Waals surface area contributed by atoms with Crippen molar-refractivity contribution in [1.82, 2.24) is 10.2 Å². The molecule has 0 amide bonds. The molecule has 0 aliphatic carbocycles. The second-order valence-electron chi connectivity index (χ2n) is 2.94. The van der Waals surface area contributed by atoms with Gasteiger partial charge in [0.15, 0.2) is 4.34 Å². The maximum Gasteiger partial charge on any atom is 0.341 e. The van der Waals surface area contributed by atoms with Gasteiger partial charge in [0.25, 0.3) is 0 Å². The lowest BCUT2D eigenvalue weighted by molar-refractivity contribution is 0.0598. The lowest BCUT2D eigenvalue weighted by atomic mass is 10.3. The van der Waals surface area contributed by atoms with E-state index in [1.807, 2.05) is 0 Å². The molecule has 0 spiro atoms. The van der Waals surface area contributed by atoms with Crippen molar-refractivity contribution in [3.63, 3.8) is 0 Å². The predicted molar refractivity (Wildman–Crippen MR) is 63.9 cm³/mol. The summed E-state index contributed by atoms with van der Waals surface area (Å²) in [6.07, 6.45) is 1.45. The number of carbonyl (C=O) groups excluding carboxylic acids is 1. The van der Waals surface area contributed by atoms with E-state index in [-0.39, 0.29) is 0 Å². The predicted octanol–water partition coefficient (Wildman–Crippen LogP) is 1.79. The average Bonchev–Trinajstić information content (AvgIpc) is 2.94. The number of nitrogens with two attached hydrogens (primary N) is 1. The number of thioether (sulfide) groups is 1. The normalized spacial score (nSPS) is 10.4. The van der Waals surface area contributed by atoms with E-state index < -0.39 is 5.97 Å². The van der Waals surface area contributed by atoms with Gasteiger partial charge in [-0.1, -0.05) is 23.1 Å². The molecule has 0 saturated heterocycles. The molecule has 0 aromatic carbocycles. The van der Waals surface area contributed by atoms with Crippen LogP contribution in [-0.2, 0) is 10.5 Å². The van der Waals surface area contributed by atoms with E-state index in [0.717, 1.165) is 4.34 Å². The number of nitrogen functional groups attached to an aromatic ring is 1. The molecule has 2 rings (SSSR count). The lowest BCUT2D eigenvalue weighted by Gasteiger charge is -1.98. The standard InChI is InChI=1S/C9H9N3O3S2/c1-14-7(13)5-2-3-15-6(5)4-16-9-12-11-8(10)17-9/h2-3H,4H2,1H3,(H2,10,11). The lowest BCUT2D eigenvalue weighted by Crippen LogP contribution is -2.02. The van der Waals surface area contributed by atoms with Crippen LogP contribution in [0.15, 0.2) is 21.1 Å². The molecule has 2 heterocycles. The van der Waals surface area contributed by atoms with Gasteiger partial charge in [0.05, 0.1) is 19.1 Å². The van der Waals surface area contributed by atoms with Crippen LogP contribution in [0, 0.1) is 0 Å². The third-order valence-electron chi connectivity index (χ3n) is 1.90. The number of nitrogens with zero attached hydrogens (tertiary/aromatic N) is 2. The Hall–Kier alpha value is -1.54. The molecular formula is C9H9N3O3S2. The fourth-order valence-electron chi connectivity index (χ4n) is 1.15. The first kappa shape index (κ1) is 11.9. The van der Waals surface area contributed by atoms with Crippen molar-refractivity contribution < 1.29 is 13.9 Å². The first-order valence-corrected chi connectivity index (χ1v) is 6.37. The molecule has 2 aromatic rings. The summed E-state index contributed by atoms with van der Waals surface area (Å²) in [6, 6.07) is 1.58. The molecule has 0 fully saturated rings. The minimum atomic E-state index is -0.411. The van der Waals surface area contributed by atoms with E-state index in [1.54, 1.807) is 6.07 Å². The summed E-state index contributed by atoms with van der Waals surface area (Å²) in [5, 5.41) is 7.97. The van der Waals surface area contributed by atoms with E-state index in [2.05, 4.69) is 14.9 Å². The van der Waals surface area contributed by atoms with E-state index >= 15 is 0 Å². The van der Waals surface area contributed by atoms with E-state index in [1.165, 1.54) is 36.5 Å². The van der Waals surface area contributed by atoms with Crippen molar-refractivity contribution >= 4 is 34.2 Å². The van der Waals surface area contributed by atoms with Gasteiger partial charge < -0.3 is 14.9 Å². The highest BCUT2D eigenvalue weighted by atomic mass is 32.2. The summed E-state index contributed by atoms with van der Waals surface area (Å²) >= 11 is 2.69. The summed E-state index contributed by atoms with van der Waals surface area (Å²) in [7, 11) is 1.33. The highest BCUT2D eigenvalue weighted by Crippen LogP contribution is 2.28. The van der Waals surface area contributed by atoms with Crippen molar-refractivity contribution in [2.45, 2.75) is 10.1 Å². The molecule has 6 nitrogen and oxygen atoms in total. The number of hydrogen-bond donors (Lipinski definition) is 1. The van der Waals surface area contributed by atoms with Crippen LogP contribution >= 0.6 is 23.1 Å². The van der Waals surface area contributed by atoms with Gasteiger partial charge in [-0.3, -0.25) is 0 Å². The molecule has 90 valence electrons. The highest BCUT2D eigenvalue weighted by Gasteiger charge is 2.15. The van der Waals surface area contributed by atoms with Gasteiger partial charge in [0.1, 0.15) is 11.3 Å². The fraction of sp³-hybridized carbons (Fsp3) is 0.222. The van der Waals surface area contributed by atoms with Crippen molar-refractivity contribution in [3.8, 4) is 0 Å². The fourth-order valence-corrected chi connectivity index (χ4v) is 2.74. The monoisotopic (exact) mass is 271 g/mol. The Bertz CT molecular complexity index is 523. The van der Waals surface area contributed by atoms with E-state index in [0.29, 0.717) is 22.2 Å². The Balaban J connectivity index is 2.04. The molecule has 2 aromatic heterocycles. The Labute approximate surface area is 105 Å². The Morgan fingerprint density at radius 1 is 1.65 bits per heavy atom. The maximum atomic E-state index is 11.4. The topological polar surface area (TPSA) is 91.2 Å². The quantitative estimate of drug-likeness (QED) is 0.669. The summed E-state index contributed by atoms with van der Waals surface area (Å²) in [5.41, 5.74) is 5.89. The largest absolute Gasteiger partial charge is 0.468 e. The molecule has 0 aliphatic rings. The summed E-state index contributed by atoms with van der Waals surface area (Å²) in [6.45, 7) is 0. The smallest absolute Gasteiger partial charge is 0.341 e. The minimum Gasteiger partial charge on any atom is -0.468 e. The Morgan fingerprint density at radius 3 is 3.12 bits per heavy atom. The van der Waals surface area contributed by atoms with Gasteiger partial charge in [-0.2, -0.15) is 0 Å². The molecular weight excluding hydrogens is 262 g/mol. The number of esters is 1. The zero-order valence-corrected chi connectivity index (χ0v) is 10.5. The maximum absolute atomic E-state index is 11.4. The number of rotatable bonds is 4. The van der Waals surface area contributed by atoms with Gasteiger partial charge in [0, 0.05) is 0 Å². The second-order valence-corrected chi connectivity index (χ2v) is 5.18. The SMILES string of the molecule is COC(=O)c1ccoc1CSc1nnc(N)s1. The second kappa shape index (κ2) is 5.19. The molecule has 8 heteroatoms. The van der Waals surface area contributed by atoms with Gasteiger partial charge >= 0.3 is 5.97 Å². The number of anilines is 1.